The predicted octanol–water partition coefficient (Wildman–Crippen LogP) is 1.03. The van der Waals surface area contributed by atoms with Gasteiger partial charge in [-0.3, -0.25) is 4.79 Å². The summed E-state index contributed by atoms with van der Waals surface area (Å²) >= 11 is 0. The molecule has 0 aromatic carbocycles. The van der Waals surface area contributed by atoms with E-state index in [0.717, 1.165) is 13.0 Å². The van der Waals surface area contributed by atoms with Crippen LogP contribution in [0, 0.1) is 5.41 Å². The summed E-state index contributed by atoms with van der Waals surface area (Å²) in [5.41, 5.74) is 5.32. The van der Waals surface area contributed by atoms with Crippen molar-refractivity contribution in [3.63, 3.8) is 0 Å². The lowest BCUT2D eigenvalue weighted by Gasteiger charge is -2.20. The van der Waals surface area contributed by atoms with E-state index >= 15 is 0 Å². The van der Waals surface area contributed by atoms with E-state index in [-0.39, 0.29) is 5.91 Å². The third-order valence-corrected chi connectivity index (χ3v) is 2.92. The average molecular weight is 184 g/mol. The van der Waals surface area contributed by atoms with Crippen LogP contribution in [0.3, 0.4) is 0 Å². The lowest BCUT2D eigenvalue weighted by atomic mass is 10.0. The zero-order valence-electron chi connectivity index (χ0n) is 8.81. The minimum Gasteiger partial charge on any atom is -0.354 e. The molecule has 0 spiro atoms. The summed E-state index contributed by atoms with van der Waals surface area (Å²) in [4.78, 5) is 11.4. The Hall–Kier alpha value is -0.570. The molecule has 3 N–H and O–H groups in total. The number of carbonyl (C=O) groups excluding carboxylic acids is 1. The maximum Gasteiger partial charge on any atom is 0.239 e. The molecule has 3 nitrogen and oxygen atoms in total. The molecule has 0 aromatic rings. The molecule has 1 amide bonds. The molecule has 1 rings (SSSR count). The van der Waals surface area contributed by atoms with Crippen molar-refractivity contribution in [2.75, 3.05) is 6.54 Å². The molecule has 0 atom stereocenters. The SMILES string of the molecule is CCC1(CNC(=O)C(C)(C)N)CC1. The summed E-state index contributed by atoms with van der Waals surface area (Å²) in [5, 5.41) is 2.91. The van der Waals surface area contributed by atoms with Crippen LogP contribution in [-0.4, -0.2) is 18.0 Å². The molecule has 0 aliphatic heterocycles. The van der Waals surface area contributed by atoms with Gasteiger partial charge in [0.05, 0.1) is 5.54 Å². The van der Waals surface area contributed by atoms with Crippen LogP contribution in [0.15, 0.2) is 0 Å². The summed E-state index contributed by atoms with van der Waals surface area (Å²) in [6.45, 7) is 6.43. The van der Waals surface area contributed by atoms with Crippen molar-refractivity contribution in [1.29, 1.82) is 0 Å². The highest BCUT2D eigenvalue weighted by Crippen LogP contribution is 2.47. The summed E-state index contributed by atoms with van der Waals surface area (Å²) in [7, 11) is 0. The predicted molar refractivity (Wildman–Crippen MR) is 53.2 cm³/mol. The van der Waals surface area contributed by atoms with Crippen LogP contribution >= 0.6 is 0 Å². The smallest absolute Gasteiger partial charge is 0.239 e. The number of nitrogens with one attached hydrogen (secondary N) is 1. The lowest BCUT2D eigenvalue weighted by molar-refractivity contribution is -0.125. The molecule has 1 aliphatic rings. The molecule has 76 valence electrons. The van der Waals surface area contributed by atoms with Gasteiger partial charge < -0.3 is 11.1 Å². The Balaban J connectivity index is 2.31. The molecule has 1 aliphatic carbocycles. The molecule has 13 heavy (non-hydrogen) atoms. The Labute approximate surface area is 80.1 Å². The van der Waals surface area contributed by atoms with Gasteiger partial charge in [0.25, 0.3) is 0 Å². The van der Waals surface area contributed by atoms with Crippen molar-refractivity contribution < 1.29 is 4.79 Å². The number of carbonyl (C=O) groups is 1. The Morgan fingerprint density at radius 3 is 2.38 bits per heavy atom. The largest absolute Gasteiger partial charge is 0.354 e. The third-order valence-electron chi connectivity index (χ3n) is 2.92. The highest BCUT2D eigenvalue weighted by Gasteiger charge is 2.41. The maximum absolute atomic E-state index is 11.4. The van der Waals surface area contributed by atoms with E-state index in [1.807, 2.05) is 0 Å². The van der Waals surface area contributed by atoms with Gasteiger partial charge >= 0.3 is 0 Å². The highest BCUT2D eigenvalue weighted by molar-refractivity contribution is 5.85. The second-order valence-electron chi connectivity index (χ2n) is 4.76. The Morgan fingerprint density at radius 2 is 2.08 bits per heavy atom. The number of hydrogen-bond acceptors (Lipinski definition) is 2. The van der Waals surface area contributed by atoms with Crippen molar-refractivity contribution in [1.82, 2.24) is 5.32 Å². The highest BCUT2D eigenvalue weighted by atomic mass is 16.2. The molecular formula is C10H20N2O. The summed E-state index contributed by atoms with van der Waals surface area (Å²) in [5.74, 6) is -0.0489. The fourth-order valence-corrected chi connectivity index (χ4v) is 1.33. The first-order valence-electron chi connectivity index (χ1n) is 4.97. The monoisotopic (exact) mass is 184 g/mol. The molecule has 0 saturated heterocycles. The van der Waals surface area contributed by atoms with Gasteiger partial charge in [-0.05, 0) is 38.5 Å². The van der Waals surface area contributed by atoms with Gasteiger partial charge in [0.15, 0.2) is 0 Å². The van der Waals surface area contributed by atoms with Gasteiger partial charge in [0.2, 0.25) is 5.91 Å². The zero-order valence-corrected chi connectivity index (χ0v) is 8.81. The quantitative estimate of drug-likeness (QED) is 0.685. The zero-order chi connectivity index (χ0) is 10.1. The summed E-state index contributed by atoms with van der Waals surface area (Å²) in [6, 6.07) is 0. The van der Waals surface area contributed by atoms with Crippen molar-refractivity contribution in [2.24, 2.45) is 11.1 Å². The third kappa shape index (κ3) is 2.69. The van der Waals surface area contributed by atoms with Crippen LogP contribution in [0.25, 0.3) is 0 Å². The van der Waals surface area contributed by atoms with Crippen molar-refractivity contribution in [3.8, 4) is 0 Å². The number of amides is 1. The first-order valence-corrected chi connectivity index (χ1v) is 4.97. The van der Waals surface area contributed by atoms with Crippen LogP contribution in [0.1, 0.15) is 40.0 Å². The van der Waals surface area contributed by atoms with E-state index in [1.54, 1.807) is 13.8 Å². The first kappa shape index (κ1) is 10.5. The van der Waals surface area contributed by atoms with Gasteiger partial charge in [-0.2, -0.15) is 0 Å². The van der Waals surface area contributed by atoms with Crippen molar-refractivity contribution in [3.05, 3.63) is 0 Å². The summed E-state index contributed by atoms with van der Waals surface area (Å²) < 4.78 is 0. The minimum absolute atomic E-state index is 0.0489. The van der Waals surface area contributed by atoms with E-state index in [1.165, 1.54) is 12.8 Å². The Kier molecular flexibility index (Phi) is 2.66. The Bertz CT molecular complexity index is 201. The molecule has 0 radical (unpaired) electrons. The van der Waals surface area contributed by atoms with Crippen LogP contribution in [0.2, 0.25) is 0 Å². The van der Waals surface area contributed by atoms with Crippen LogP contribution in [-0.2, 0) is 4.79 Å². The lowest BCUT2D eigenvalue weighted by Crippen LogP contribution is -2.50. The fraction of sp³-hybridized carbons (Fsp3) is 0.900. The number of nitrogens with two attached hydrogens (primary N) is 1. The number of rotatable bonds is 4. The normalized spacial score (nSPS) is 19.7. The standard InChI is InChI=1S/C10H20N2O/c1-4-10(5-6-10)7-12-8(13)9(2,3)11/h4-7,11H2,1-3H3,(H,12,13). The minimum atomic E-state index is -0.746. The average Bonchev–Trinajstić information content (AvgIpc) is 2.79. The van der Waals surface area contributed by atoms with E-state index < -0.39 is 5.54 Å². The van der Waals surface area contributed by atoms with Crippen LogP contribution in [0.5, 0.6) is 0 Å². The van der Waals surface area contributed by atoms with Gasteiger partial charge in [-0.1, -0.05) is 6.92 Å². The molecule has 0 aromatic heterocycles. The van der Waals surface area contributed by atoms with Gasteiger partial charge in [-0.25, -0.2) is 0 Å². The second-order valence-corrected chi connectivity index (χ2v) is 4.76. The van der Waals surface area contributed by atoms with Gasteiger partial charge in [0.1, 0.15) is 0 Å². The van der Waals surface area contributed by atoms with Crippen LogP contribution in [0.4, 0.5) is 0 Å². The van der Waals surface area contributed by atoms with Crippen LogP contribution < -0.4 is 11.1 Å². The molecule has 1 fully saturated rings. The van der Waals surface area contributed by atoms with E-state index in [9.17, 15) is 4.79 Å². The molecule has 3 heteroatoms. The molecular weight excluding hydrogens is 164 g/mol. The van der Waals surface area contributed by atoms with Crippen molar-refractivity contribution in [2.45, 2.75) is 45.6 Å². The Morgan fingerprint density at radius 1 is 1.54 bits per heavy atom. The first-order chi connectivity index (χ1) is 5.90. The van der Waals surface area contributed by atoms with E-state index in [2.05, 4.69) is 12.2 Å². The van der Waals surface area contributed by atoms with Gasteiger partial charge in [0, 0.05) is 6.54 Å². The second kappa shape index (κ2) is 3.29. The maximum atomic E-state index is 11.4. The topological polar surface area (TPSA) is 55.1 Å². The van der Waals surface area contributed by atoms with Gasteiger partial charge in [-0.15, -0.1) is 0 Å². The van der Waals surface area contributed by atoms with E-state index in [4.69, 9.17) is 5.73 Å². The number of hydrogen-bond donors (Lipinski definition) is 2. The molecule has 0 bridgehead atoms. The summed E-state index contributed by atoms with van der Waals surface area (Å²) in [6.07, 6.45) is 3.64. The fourth-order valence-electron chi connectivity index (χ4n) is 1.33. The molecule has 0 unspecified atom stereocenters. The molecule has 0 heterocycles. The molecule has 1 saturated carbocycles. The van der Waals surface area contributed by atoms with Crippen molar-refractivity contribution >= 4 is 5.91 Å². The van der Waals surface area contributed by atoms with E-state index in [0.29, 0.717) is 5.41 Å².